The molecule has 0 aliphatic heterocycles. The first kappa shape index (κ1) is 15.7. The summed E-state index contributed by atoms with van der Waals surface area (Å²) in [5.74, 6) is 0.744. The molecule has 0 spiro atoms. The van der Waals surface area contributed by atoms with E-state index in [2.05, 4.69) is 5.32 Å². The first-order valence-corrected chi connectivity index (χ1v) is 7.71. The molecule has 0 saturated carbocycles. The second-order valence-electron chi connectivity index (χ2n) is 4.44. The molecule has 2 rings (SSSR count). The van der Waals surface area contributed by atoms with Gasteiger partial charge < -0.3 is 10.1 Å². The van der Waals surface area contributed by atoms with Crippen LogP contribution in [-0.2, 0) is 4.79 Å². The van der Waals surface area contributed by atoms with E-state index < -0.39 is 0 Å². The fourth-order valence-corrected chi connectivity index (χ4v) is 2.78. The monoisotopic (exact) mass is 321 g/mol. The van der Waals surface area contributed by atoms with Crippen LogP contribution in [0.15, 0.2) is 53.4 Å². The lowest BCUT2D eigenvalue weighted by Gasteiger charge is -2.12. The Labute approximate surface area is 133 Å². The van der Waals surface area contributed by atoms with Crippen LogP contribution in [0.4, 0.5) is 5.69 Å². The Bertz CT molecular complexity index is 616. The Morgan fingerprint density at radius 1 is 1.24 bits per heavy atom. The molecular formula is C16H16ClNO2S. The summed E-state index contributed by atoms with van der Waals surface area (Å²) >= 11 is 7.39. The molecule has 0 aliphatic rings. The predicted octanol–water partition coefficient (Wildman–Crippen LogP) is 4.47. The Morgan fingerprint density at radius 2 is 1.95 bits per heavy atom. The van der Waals surface area contributed by atoms with E-state index in [4.69, 9.17) is 16.3 Å². The van der Waals surface area contributed by atoms with Crippen molar-refractivity contribution in [1.82, 2.24) is 0 Å². The molecule has 0 aliphatic carbocycles. The van der Waals surface area contributed by atoms with Crippen LogP contribution in [0.1, 0.15) is 6.92 Å². The van der Waals surface area contributed by atoms with Crippen LogP contribution in [0.2, 0.25) is 5.02 Å². The van der Waals surface area contributed by atoms with Crippen molar-refractivity contribution in [3.63, 3.8) is 0 Å². The maximum absolute atomic E-state index is 12.2. The molecule has 2 aromatic carbocycles. The third-order valence-corrected chi connectivity index (χ3v) is 4.18. The molecule has 21 heavy (non-hydrogen) atoms. The summed E-state index contributed by atoms with van der Waals surface area (Å²) in [6.07, 6.45) is 0. The molecule has 1 amide bonds. The minimum Gasteiger partial charge on any atom is -0.497 e. The fourth-order valence-electron chi connectivity index (χ4n) is 1.72. The van der Waals surface area contributed by atoms with Gasteiger partial charge in [0.2, 0.25) is 5.91 Å². The summed E-state index contributed by atoms with van der Waals surface area (Å²) in [5, 5.41) is 3.25. The van der Waals surface area contributed by atoms with Crippen LogP contribution >= 0.6 is 23.4 Å². The zero-order valence-electron chi connectivity index (χ0n) is 11.8. The molecule has 0 saturated heterocycles. The lowest BCUT2D eigenvalue weighted by atomic mass is 10.3. The molecule has 2 aromatic rings. The lowest BCUT2D eigenvalue weighted by molar-refractivity contribution is -0.115. The SMILES string of the molecule is COc1ccc(S[C@@H](C)C(=O)Nc2cccc(Cl)c2)cc1. The number of carbonyl (C=O) groups excluding carboxylic acids is 1. The highest BCUT2D eigenvalue weighted by atomic mass is 35.5. The van der Waals surface area contributed by atoms with Crippen LogP contribution in [0.3, 0.4) is 0 Å². The Kier molecular flexibility index (Phi) is 5.53. The smallest absolute Gasteiger partial charge is 0.237 e. The largest absolute Gasteiger partial charge is 0.497 e. The molecule has 0 unspecified atom stereocenters. The Morgan fingerprint density at radius 3 is 2.57 bits per heavy atom. The zero-order chi connectivity index (χ0) is 15.2. The molecule has 3 nitrogen and oxygen atoms in total. The fraction of sp³-hybridized carbons (Fsp3) is 0.188. The van der Waals surface area contributed by atoms with Crippen molar-refractivity contribution in [2.24, 2.45) is 0 Å². The number of benzene rings is 2. The van der Waals surface area contributed by atoms with Crippen molar-refractivity contribution in [2.75, 3.05) is 12.4 Å². The van der Waals surface area contributed by atoms with Crippen LogP contribution in [-0.4, -0.2) is 18.3 Å². The Hall–Kier alpha value is -1.65. The molecule has 5 heteroatoms. The maximum atomic E-state index is 12.2. The van der Waals surface area contributed by atoms with Gasteiger partial charge in [0.25, 0.3) is 0 Å². The average Bonchev–Trinajstić information content (AvgIpc) is 2.48. The normalized spacial score (nSPS) is 11.8. The van der Waals surface area contributed by atoms with Crippen LogP contribution in [0.25, 0.3) is 0 Å². The molecule has 0 heterocycles. The van der Waals surface area contributed by atoms with Crippen molar-refractivity contribution in [3.05, 3.63) is 53.6 Å². The topological polar surface area (TPSA) is 38.3 Å². The van der Waals surface area contributed by atoms with Gasteiger partial charge >= 0.3 is 0 Å². The highest BCUT2D eigenvalue weighted by Crippen LogP contribution is 2.26. The molecule has 110 valence electrons. The molecule has 1 N–H and O–H groups in total. The summed E-state index contributed by atoms with van der Waals surface area (Å²) in [4.78, 5) is 13.2. The van der Waals surface area contributed by atoms with E-state index in [1.54, 1.807) is 25.3 Å². The number of thioether (sulfide) groups is 1. The van der Waals surface area contributed by atoms with Crippen molar-refractivity contribution in [2.45, 2.75) is 17.1 Å². The van der Waals surface area contributed by atoms with E-state index in [9.17, 15) is 4.79 Å². The highest BCUT2D eigenvalue weighted by Gasteiger charge is 2.14. The second-order valence-corrected chi connectivity index (χ2v) is 6.29. The third kappa shape index (κ3) is 4.69. The van der Waals surface area contributed by atoms with Gasteiger partial charge in [-0.1, -0.05) is 17.7 Å². The summed E-state index contributed by atoms with van der Waals surface area (Å²) in [6.45, 7) is 1.87. The van der Waals surface area contributed by atoms with Gasteiger partial charge in [0, 0.05) is 15.6 Å². The van der Waals surface area contributed by atoms with Crippen LogP contribution in [0.5, 0.6) is 5.75 Å². The minimum absolute atomic E-state index is 0.0573. The van der Waals surface area contributed by atoms with Crippen LogP contribution in [0, 0.1) is 0 Å². The van der Waals surface area contributed by atoms with Crippen molar-refractivity contribution in [1.29, 1.82) is 0 Å². The average molecular weight is 322 g/mol. The highest BCUT2D eigenvalue weighted by molar-refractivity contribution is 8.00. The summed E-state index contributed by atoms with van der Waals surface area (Å²) in [5.41, 5.74) is 0.703. The van der Waals surface area contributed by atoms with Crippen LogP contribution < -0.4 is 10.1 Å². The second kappa shape index (κ2) is 7.38. The van der Waals surface area contributed by atoms with Gasteiger partial charge in [-0.15, -0.1) is 11.8 Å². The van der Waals surface area contributed by atoms with Crippen molar-refractivity contribution < 1.29 is 9.53 Å². The maximum Gasteiger partial charge on any atom is 0.237 e. The molecule has 1 atom stereocenters. The summed E-state index contributed by atoms with van der Waals surface area (Å²) in [6, 6.07) is 14.7. The first-order valence-electron chi connectivity index (χ1n) is 6.45. The van der Waals surface area contributed by atoms with E-state index >= 15 is 0 Å². The number of ether oxygens (including phenoxy) is 1. The number of halogens is 1. The van der Waals surface area contributed by atoms with Gasteiger partial charge in [0.1, 0.15) is 5.75 Å². The number of nitrogens with one attached hydrogen (secondary N) is 1. The van der Waals surface area contributed by atoms with Crippen molar-refractivity contribution in [3.8, 4) is 5.75 Å². The minimum atomic E-state index is -0.211. The van der Waals surface area contributed by atoms with Gasteiger partial charge in [-0.3, -0.25) is 4.79 Å². The van der Waals surface area contributed by atoms with E-state index in [1.807, 2.05) is 37.3 Å². The van der Waals surface area contributed by atoms with Gasteiger partial charge in [0.05, 0.1) is 12.4 Å². The van der Waals surface area contributed by atoms with Gasteiger partial charge in [-0.25, -0.2) is 0 Å². The molecule has 0 radical (unpaired) electrons. The number of anilines is 1. The zero-order valence-corrected chi connectivity index (χ0v) is 13.4. The molecule has 0 bridgehead atoms. The van der Waals surface area contributed by atoms with Gasteiger partial charge in [0.15, 0.2) is 0 Å². The van der Waals surface area contributed by atoms with Gasteiger partial charge in [-0.2, -0.15) is 0 Å². The number of hydrogen-bond acceptors (Lipinski definition) is 3. The molecule has 0 fully saturated rings. The number of amides is 1. The molecular weight excluding hydrogens is 306 g/mol. The number of carbonyl (C=O) groups is 1. The van der Waals surface area contributed by atoms with E-state index in [0.29, 0.717) is 10.7 Å². The van der Waals surface area contributed by atoms with E-state index in [-0.39, 0.29) is 11.2 Å². The predicted molar refractivity (Wildman–Crippen MR) is 88.4 cm³/mol. The number of hydrogen-bond donors (Lipinski definition) is 1. The quantitative estimate of drug-likeness (QED) is 0.826. The molecule has 0 aromatic heterocycles. The van der Waals surface area contributed by atoms with E-state index in [0.717, 1.165) is 10.6 Å². The Balaban J connectivity index is 1.95. The number of methoxy groups -OCH3 is 1. The first-order chi connectivity index (χ1) is 10.1. The van der Waals surface area contributed by atoms with E-state index in [1.165, 1.54) is 11.8 Å². The third-order valence-electron chi connectivity index (χ3n) is 2.83. The number of rotatable bonds is 5. The summed E-state index contributed by atoms with van der Waals surface area (Å²) in [7, 11) is 1.63. The standard InChI is InChI=1S/C16H16ClNO2S/c1-11(21-15-8-6-14(20-2)7-9-15)16(19)18-13-5-3-4-12(17)10-13/h3-11H,1-2H3,(H,18,19)/t11-/m0/s1. The van der Waals surface area contributed by atoms with Crippen molar-refractivity contribution >= 4 is 35.0 Å². The lowest BCUT2D eigenvalue weighted by Crippen LogP contribution is -2.22. The van der Waals surface area contributed by atoms with Gasteiger partial charge in [-0.05, 0) is 49.4 Å². The summed E-state index contributed by atoms with van der Waals surface area (Å²) < 4.78 is 5.11.